The average molecular weight is 489 g/mol. The van der Waals surface area contributed by atoms with Gasteiger partial charge in [-0.1, -0.05) is 12.1 Å². The molecule has 9 nitrogen and oxygen atoms in total. The zero-order valence-corrected chi connectivity index (χ0v) is 19.4. The number of rotatable bonds is 5. The number of amides is 1. The molecular weight excluding hydrogens is 472 g/mol. The minimum atomic E-state index is -0.321. The Morgan fingerprint density at radius 1 is 1.24 bits per heavy atom. The fraction of sp³-hybridized carbons (Fsp3) is 0.0870. The molecule has 0 bridgehead atoms. The van der Waals surface area contributed by atoms with Crippen molar-refractivity contribution in [3.05, 3.63) is 69.7 Å². The van der Waals surface area contributed by atoms with Crippen molar-refractivity contribution in [3.8, 4) is 11.4 Å². The minimum Gasteiger partial charge on any atom is -0.483 e. The minimum absolute atomic E-state index is 0.166. The van der Waals surface area contributed by atoms with Gasteiger partial charge in [-0.05, 0) is 30.5 Å². The van der Waals surface area contributed by atoms with Crippen molar-refractivity contribution in [1.29, 1.82) is 0 Å². The molecule has 0 atom stereocenters. The number of aromatic amines is 1. The smallest absolute Gasteiger partial charge is 0.262 e. The molecule has 1 amide bonds. The van der Waals surface area contributed by atoms with Gasteiger partial charge in [-0.3, -0.25) is 9.59 Å². The predicted octanol–water partition coefficient (Wildman–Crippen LogP) is 4.26. The van der Waals surface area contributed by atoms with Crippen LogP contribution in [0.25, 0.3) is 37.0 Å². The van der Waals surface area contributed by atoms with E-state index in [2.05, 4.69) is 25.4 Å². The van der Waals surface area contributed by atoms with E-state index >= 15 is 0 Å². The van der Waals surface area contributed by atoms with Crippen LogP contribution in [0.15, 0.2) is 59.1 Å². The molecule has 6 aromatic rings. The summed E-state index contributed by atoms with van der Waals surface area (Å²) in [7, 11) is 0. The highest BCUT2D eigenvalue weighted by molar-refractivity contribution is 7.21. The van der Waals surface area contributed by atoms with E-state index in [1.54, 1.807) is 40.9 Å². The van der Waals surface area contributed by atoms with Gasteiger partial charge in [0.1, 0.15) is 11.1 Å². The maximum Gasteiger partial charge on any atom is 0.262 e. The van der Waals surface area contributed by atoms with Gasteiger partial charge in [0.25, 0.3) is 11.5 Å². The summed E-state index contributed by atoms with van der Waals surface area (Å²) in [5.41, 5.74) is 2.20. The maximum atomic E-state index is 12.8. The molecule has 6 rings (SSSR count). The Morgan fingerprint density at radius 2 is 2.12 bits per heavy atom. The van der Waals surface area contributed by atoms with E-state index < -0.39 is 0 Å². The van der Waals surface area contributed by atoms with E-state index in [0.717, 1.165) is 25.3 Å². The molecule has 0 aliphatic carbocycles. The average Bonchev–Trinajstić information content (AvgIpc) is 3.56. The van der Waals surface area contributed by atoms with Gasteiger partial charge in [0.2, 0.25) is 0 Å². The van der Waals surface area contributed by atoms with Crippen molar-refractivity contribution in [2.75, 3.05) is 11.9 Å². The van der Waals surface area contributed by atoms with Gasteiger partial charge in [-0.2, -0.15) is 5.10 Å². The molecule has 34 heavy (non-hydrogen) atoms. The lowest BCUT2D eigenvalue weighted by Gasteiger charge is -2.12. The number of nitrogens with one attached hydrogen (secondary N) is 2. The number of carbonyl (C=O) groups excluding carboxylic acids is 1. The topological polar surface area (TPSA) is 115 Å². The Labute approximate surface area is 199 Å². The number of hydrogen-bond donors (Lipinski definition) is 2. The highest BCUT2D eigenvalue weighted by atomic mass is 32.1. The van der Waals surface area contributed by atoms with Crippen LogP contribution in [0.2, 0.25) is 0 Å². The first kappa shape index (κ1) is 20.5. The van der Waals surface area contributed by atoms with Crippen molar-refractivity contribution in [1.82, 2.24) is 24.7 Å². The summed E-state index contributed by atoms with van der Waals surface area (Å²) >= 11 is 3.21. The molecule has 4 aromatic heterocycles. The van der Waals surface area contributed by atoms with Crippen molar-refractivity contribution in [3.63, 3.8) is 0 Å². The summed E-state index contributed by atoms with van der Waals surface area (Å²) < 4.78 is 9.54. The first-order valence-corrected chi connectivity index (χ1v) is 12.0. The summed E-state index contributed by atoms with van der Waals surface area (Å²) in [6, 6.07) is 11.1. The second-order valence-electron chi connectivity index (χ2n) is 7.50. The van der Waals surface area contributed by atoms with Crippen LogP contribution in [0.1, 0.15) is 5.01 Å². The molecule has 0 fully saturated rings. The van der Waals surface area contributed by atoms with Crippen LogP contribution >= 0.6 is 22.7 Å². The predicted molar refractivity (Wildman–Crippen MR) is 133 cm³/mol. The Bertz CT molecular complexity index is 1760. The van der Waals surface area contributed by atoms with Gasteiger partial charge in [-0.25, -0.2) is 14.6 Å². The highest BCUT2D eigenvalue weighted by Gasteiger charge is 2.16. The normalized spacial score (nSPS) is 11.4. The lowest BCUT2D eigenvalue weighted by molar-refractivity contribution is -0.118. The second kappa shape index (κ2) is 8.04. The molecule has 0 spiro atoms. The van der Waals surface area contributed by atoms with Gasteiger partial charge in [0, 0.05) is 11.5 Å². The number of para-hydroxylation sites is 2. The molecule has 0 saturated heterocycles. The van der Waals surface area contributed by atoms with Gasteiger partial charge in [0.15, 0.2) is 12.3 Å². The highest BCUT2D eigenvalue weighted by Crippen LogP contribution is 2.38. The summed E-state index contributed by atoms with van der Waals surface area (Å²) in [4.78, 5) is 36.2. The lowest BCUT2D eigenvalue weighted by Crippen LogP contribution is -2.21. The molecular formula is C23H16N6O3S2. The van der Waals surface area contributed by atoms with Crippen LogP contribution in [0.3, 0.4) is 0 Å². The fourth-order valence-corrected chi connectivity index (χ4v) is 5.67. The quantitative estimate of drug-likeness (QED) is 0.375. The fourth-order valence-electron chi connectivity index (χ4n) is 3.83. The monoisotopic (exact) mass is 488 g/mol. The molecule has 0 saturated carbocycles. The number of aryl methyl sites for hydroxylation is 1. The molecule has 2 aromatic carbocycles. The van der Waals surface area contributed by atoms with Gasteiger partial charge in [0.05, 0.1) is 43.8 Å². The van der Waals surface area contributed by atoms with Gasteiger partial charge < -0.3 is 15.0 Å². The van der Waals surface area contributed by atoms with Crippen LogP contribution in [-0.4, -0.2) is 37.2 Å². The van der Waals surface area contributed by atoms with E-state index in [9.17, 15) is 9.59 Å². The number of fused-ring (bicyclic) bond motifs is 4. The molecule has 4 heterocycles. The third-order valence-corrected chi connectivity index (χ3v) is 7.14. The Balaban J connectivity index is 1.27. The van der Waals surface area contributed by atoms with Crippen LogP contribution in [0.5, 0.6) is 5.75 Å². The van der Waals surface area contributed by atoms with E-state index in [1.807, 2.05) is 30.5 Å². The standard InChI is InChI=1S/C23H16N6O3S2/c1-12-27-20-18(34-12)8-17(13-6-7-33-21(13)20)32-10-19(30)28-15-4-2-3-5-16(15)29-22-14(9-26-29)23(31)25-11-24-22/h2-9,11H,10H2,1H3,(H,28,30)(H,24,25,31). The number of hydrogen-bond acceptors (Lipinski definition) is 8. The number of thiophene rings is 1. The zero-order chi connectivity index (χ0) is 23.2. The van der Waals surface area contributed by atoms with Crippen molar-refractivity contribution >= 4 is 65.6 Å². The number of ether oxygens (including phenoxy) is 1. The van der Waals surface area contributed by atoms with Crippen LogP contribution < -0.4 is 15.6 Å². The van der Waals surface area contributed by atoms with Gasteiger partial charge in [-0.15, -0.1) is 22.7 Å². The Kier molecular flexibility index (Phi) is 4.85. The number of H-pyrrole nitrogens is 1. The first-order valence-electron chi connectivity index (χ1n) is 10.3. The number of carbonyl (C=O) groups is 1. The summed E-state index contributed by atoms with van der Waals surface area (Å²) in [6.45, 7) is 1.81. The number of nitrogens with zero attached hydrogens (tertiary/aromatic N) is 4. The van der Waals surface area contributed by atoms with Gasteiger partial charge >= 0.3 is 0 Å². The summed E-state index contributed by atoms with van der Waals surface area (Å²) in [5, 5.41) is 11.5. The number of benzene rings is 2. The molecule has 11 heteroatoms. The van der Waals surface area contributed by atoms with E-state index in [0.29, 0.717) is 28.2 Å². The number of anilines is 1. The molecule has 0 unspecified atom stereocenters. The third-order valence-electron chi connectivity index (χ3n) is 5.30. The molecule has 0 radical (unpaired) electrons. The van der Waals surface area contributed by atoms with E-state index in [4.69, 9.17) is 4.74 Å². The van der Waals surface area contributed by atoms with Crippen LogP contribution in [0.4, 0.5) is 5.69 Å². The third kappa shape index (κ3) is 3.42. The number of thiazole rings is 1. The summed E-state index contributed by atoms with van der Waals surface area (Å²) in [6.07, 6.45) is 2.77. The molecule has 0 aliphatic rings. The SMILES string of the molecule is Cc1nc2c(cc(OCC(=O)Nc3ccccc3-n3ncc4c(=O)[nH]cnc43)c3ccsc32)s1. The number of aromatic nitrogens is 5. The van der Waals surface area contributed by atoms with Crippen LogP contribution in [-0.2, 0) is 4.79 Å². The molecule has 0 aliphatic heterocycles. The van der Waals surface area contributed by atoms with Crippen molar-refractivity contribution in [2.45, 2.75) is 6.92 Å². The van der Waals surface area contributed by atoms with E-state index in [1.165, 1.54) is 17.2 Å². The first-order chi connectivity index (χ1) is 16.6. The van der Waals surface area contributed by atoms with Crippen molar-refractivity contribution < 1.29 is 9.53 Å². The lowest BCUT2D eigenvalue weighted by atomic mass is 10.2. The maximum absolute atomic E-state index is 12.8. The second-order valence-corrected chi connectivity index (χ2v) is 9.65. The molecule has 168 valence electrons. The van der Waals surface area contributed by atoms with Crippen LogP contribution in [0, 0.1) is 6.92 Å². The molecule has 2 N–H and O–H groups in total. The Hall–Kier alpha value is -4.09. The van der Waals surface area contributed by atoms with Crippen molar-refractivity contribution in [2.24, 2.45) is 0 Å². The zero-order valence-electron chi connectivity index (χ0n) is 17.7. The Morgan fingerprint density at radius 3 is 3.03 bits per heavy atom. The van der Waals surface area contributed by atoms with E-state index in [-0.39, 0.29) is 18.1 Å². The summed E-state index contributed by atoms with van der Waals surface area (Å²) in [5.74, 6) is 0.330. The largest absolute Gasteiger partial charge is 0.483 e.